The molecule has 0 bridgehead atoms. The smallest absolute Gasteiger partial charge is 0.296 e. The highest BCUT2D eigenvalue weighted by Gasteiger charge is 2.23. The van der Waals surface area contributed by atoms with Crippen molar-refractivity contribution in [1.29, 1.82) is 0 Å². The normalized spacial score (nSPS) is 10.9. The summed E-state index contributed by atoms with van der Waals surface area (Å²) in [5.41, 5.74) is 0.197. The van der Waals surface area contributed by atoms with Gasteiger partial charge < -0.3 is 5.11 Å². The van der Waals surface area contributed by atoms with Crippen LogP contribution in [0.1, 0.15) is 0 Å². The molecule has 2 heterocycles. The molecule has 0 saturated carbocycles. The van der Waals surface area contributed by atoms with Crippen molar-refractivity contribution in [3.05, 3.63) is 81.1 Å². The Labute approximate surface area is 146 Å². The molecule has 4 aromatic rings. The molecule has 8 heteroatoms. The van der Waals surface area contributed by atoms with E-state index in [2.05, 4.69) is 10.1 Å². The number of nitrogens with zero attached hydrogens (tertiary/aromatic N) is 3. The molecule has 128 valence electrons. The Kier molecular flexibility index (Phi) is 3.51. The van der Waals surface area contributed by atoms with E-state index in [1.165, 1.54) is 22.9 Å². The fourth-order valence-corrected chi connectivity index (χ4v) is 2.80. The van der Waals surface area contributed by atoms with Gasteiger partial charge in [0.25, 0.3) is 11.2 Å². The van der Waals surface area contributed by atoms with Crippen LogP contribution in [-0.4, -0.2) is 24.8 Å². The minimum absolute atomic E-state index is 0.0120. The maximum atomic E-state index is 12.6. The molecule has 0 fully saturated rings. The van der Waals surface area contributed by atoms with Gasteiger partial charge in [0, 0.05) is 11.6 Å². The van der Waals surface area contributed by atoms with Crippen molar-refractivity contribution in [3.8, 4) is 22.7 Å². The molecule has 0 amide bonds. The molecular weight excluding hydrogens is 336 g/mol. The number of aromatic hydroxyl groups is 1. The number of rotatable bonds is 3. The molecule has 0 spiro atoms. The molecule has 26 heavy (non-hydrogen) atoms. The summed E-state index contributed by atoms with van der Waals surface area (Å²) < 4.78 is 1.27. The molecule has 0 aliphatic carbocycles. The lowest BCUT2D eigenvalue weighted by atomic mass is 10.1. The van der Waals surface area contributed by atoms with Crippen LogP contribution in [0.3, 0.4) is 0 Å². The van der Waals surface area contributed by atoms with E-state index >= 15 is 0 Å². The van der Waals surface area contributed by atoms with E-state index in [1.807, 2.05) is 6.07 Å². The third-order valence-corrected chi connectivity index (χ3v) is 4.02. The van der Waals surface area contributed by atoms with Crippen LogP contribution in [0.15, 0.2) is 65.5 Å². The van der Waals surface area contributed by atoms with Crippen molar-refractivity contribution in [1.82, 2.24) is 14.8 Å². The second kappa shape index (κ2) is 5.85. The van der Waals surface area contributed by atoms with Gasteiger partial charge in [0.15, 0.2) is 11.3 Å². The van der Waals surface area contributed by atoms with Crippen LogP contribution in [0.2, 0.25) is 0 Å². The van der Waals surface area contributed by atoms with Crippen LogP contribution in [0.4, 0.5) is 5.69 Å². The topological polar surface area (TPSA) is 114 Å². The van der Waals surface area contributed by atoms with Crippen molar-refractivity contribution in [2.75, 3.05) is 0 Å². The predicted molar refractivity (Wildman–Crippen MR) is 95.4 cm³/mol. The van der Waals surface area contributed by atoms with E-state index in [1.54, 1.807) is 36.4 Å². The largest absolute Gasteiger partial charge is 0.507 e. The van der Waals surface area contributed by atoms with Crippen LogP contribution in [0.5, 0.6) is 5.75 Å². The summed E-state index contributed by atoms with van der Waals surface area (Å²) in [5, 5.41) is 24.5. The van der Waals surface area contributed by atoms with Gasteiger partial charge in [-0.15, -0.1) is 0 Å². The number of pyridine rings is 1. The molecule has 0 radical (unpaired) electrons. The Morgan fingerprint density at radius 1 is 1.08 bits per heavy atom. The molecule has 0 aliphatic heterocycles. The van der Waals surface area contributed by atoms with Gasteiger partial charge in [0.1, 0.15) is 5.75 Å². The van der Waals surface area contributed by atoms with Gasteiger partial charge in [0.05, 0.1) is 16.0 Å². The Balaban J connectivity index is 2.03. The van der Waals surface area contributed by atoms with Crippen LogP contribution in [0.25, 0.3) is 28.0 Å². The first-order valence-corrected chi connectivity index (χ1v) is 7.70. The minimum atomic E-state index is -0.618. The first-order chi connectivity index (χ1) is 12.6. The zero-order chi connectivity index (χ0) is 18.3. The highest BCUT2D eigenvalue weighted by atomic mass is 16.6. The molecule has 0 unspecified atom stereocenters. The maximum absolute atomic E-state index is 12.6. The second-order valence-corrected chi connectivity index (χ2v) is 5.61. The van der Waals surface area contributed by atoms with Gasteiger partial charge >= 0.3 is 0 Å². The molecular formula is C18H12N4O4. The standard InChI is InChI=1S/C18H12N4O4/c23-15-9-5-4-8-12(15)16-14(22(25)26)10-13-17(19-16)20-21(18(13)24)11-6-2-1-3-7-11/h1-10,23H,(H,19,20). The summed E-state index contributed by atoms with van der Waals surface area (Å²) in [5.74, 6) is -0.132. The van der Waals surface area contributed by atoms with E-state index in [4.69, 9.17) is 0 Å². The number of H-pyrrole nitrogens is 1. The van der Waals surface area contributed by atoms with Crippen molar-refractivity contribution >= 4 is 16.7 Å². The number of nitro groups is 1. The van der Waals surface area contributed by atoms with E-state index in [9.17, 15) is 20.0 Å². The lowest BCUT2D eigenvalue weighted by Gasteiger charge is -2.04. The molecule has 4 rings (SSSR count). The molecule has 2 aromatic carbocycles. The Morgan fingerprint density at radius 2 is 1.77 bits per heavy atom. The highest BCUT2D eigenvalue weighted by Crippen LogP contribution is 2.35. The number of hydrogen-bond acceptors (Lipinski definition) is 5. The van der Waals surface area contributed by atoms with Gasteiger partial charge in [-0.2, -0.15) is 0 Å². The van der Waals surface area contributed by atoms with Crippen LogP contribution in [0, 0.1) is 10.1 Å². The number of aromatic amines is 1. The zero-order valence-corrected chi connectivity index (χ0v) is 13.3. The molecule has 0 aliphatic rings. The van der Waals surface area contributed by atoms with Gasteiger partial charge in [-0.05, 0) is 24.3 Å². The Hall–Kier alpha value is -3.94. The number of phenolic OH excluding ortho intramolecular Hbond substituents is 1. The summed E-state index contributed by atoms with van der Waals surface area (Å²) in [6, 6.07) is 16.2. The van der Waals surface area contributed by atoms with Gasteiger partial charge in [-0.25, -0.2) is 9.67 Å². The number of para-hydroxylation sites is 2. The van der Waals surface area contributed by atoms with Crippen LogP contribution >= 0.6 is 0 Å². The first-order valence-electron chi connectivity index (χ1n) is 7.70. The zero-order valence-electron chi connectivity index (χ0n) is 13.3. The van der Waals surface area contributed by atoms with E-state index in [0.29, 0.717) is 5.69 Å². The van der Waals surface area contributed by atoms with Gasteiger partial charge in [-0.3, -0.25) is 20.0 Å². The number of aromatic nitrogens is 3. The number of nitrogens with one attached hydrogen (secondary N) is 1. The third-order valence-electron chi connectivity index (χ3n) is 4.02. The van der Waals surface area contributed by atoms with E-state index in [-0.39, 0.29) is 33.7 Å². The van der Waals surface area contributed by atoms with Gasteiger partial charge in [0.2, 0.25) is 0 Å². The minimum Gasteiger partial charge on any atom is -0.507 e. The SMILES string of the molecule is O=c1c2cc([N+](=O)[O-])c(-c3ccccc3O)nc2[nH]n1-c1ccccc1. The number of hydrogen-bond donors (Lipinski definition) is 2. The summed E-state index contributed by atoms with van der Waals surface area (Å²) >= 11 is 0. The monoisotopic (exact) mass is 348 g/mol. The van der Waals surface area contributed by atoms with Gasteiger partial charge in [-0.1, -0.05) is 30.3 Å². The van der Waals surface area contributed by atoms with Crippen LogP contribution < -0.4 is 5.56 Å². The van der Waals surface area contributed by atoms with Crippen molar-refractivity contribution in [2.45, 2.75) is 0 Å². The molecule has 2 aromatic heterocycles. The summed E-state index contributed by atoms with van der Waals surface area (Å²) in [4.78, 5) is 27.8. The Morgan fingerprint density at radius 3 is 2.46 bits per heavy atom. The molecule has 0 atom stereocenters. The predicted octanol–water partition coefficient (Wildman–Crippen LogP) is 2.99. The van der Waals surface area contributed by atoms with Crippen LogP contribution in [-0.2, 0) is 0 Å². The average molecular weight is 348 g/mol. The van der Waals surface area contributed by atoms with E-state index in [0.717, 1.165) is 0 Å². The molecule has 8 nitrogen and oxygen atoms in total. The summed E-state index contributed by atoms with van der Waals surface area (Å²) in [7, 11) is 0. The molecule has 0 saturated heterocycles. The summed E-state index contributed by atoms with van der Waals surface area (Å²) in [6.45, 7) is 0. The van der Waals surface area contributed by atoms with Crippen molar-refractivity contribution in [3.63, 3.8) is 0 Å². The van der Waals surface area contributed by atoms with E-state index < -0.39 is 10.5 Å². The number of phenols is 1. The quantitative estimate of drug-likeness (QED) is 0.436. The number of benzene rings is 2. The van der Waals surface area contributed by atoms with Crippen molar-refractivity contribution in [2.24, 2.45) is 0 Å². The lowest BCUT2D eigenvalue weighted by molar-refractivity contribution is -0.384. The number of fused-ring (bicyclic) bond motifs is 1. The summed E-state index contributed by atoms with van der Waals surface area (Å²) in [6.07, 6.45) is 0. The second-order valence-electron chi connectivity index (χ2n) is 5.61. The van der Waals surface area contributed by atoms with Crippen molar-refractivity contribution < 1.29 is 10.0 Å². The fraction of sp³-hybridized carbons (Fsp3) is 0. The highest BCUT2D eigenvalue weighted by molar-refractivity contribution is 5.85. The molecule has 2 N–H and O–H groups in total. The third kappa shape index (κ3) is 2.40. The fourth-order valence-electron chi connectivity index (χ4n) is 2.80. The maximum Gasteiger partial charge on any atom is 0.296 e. The first kappa shape index (κ1) is 15.6. The average Bonchev–Trinajstić information content (AvgIpc) is 2.98. The Bertz CT molecular complexity index is 1200. The lowest BCUT2D eigenvalue weighted by Crippen LogP contribution is -2.13.